The van der Waals surface area contributed by atoms with Gasteiger partial charge in [0.05, 0.1) is 29.0 Å². The van der Waals surface area contributed by atoms with Gasteiger partial charge in [-0.3, -0.25) is 10.2 Å². The highest BCUT2D eigenvalue weighted by Crippen LogP contribution is 2.22. The van der Waals surface area contributed by atoms with Crippen molar-refractivity contribution in [3.8, 4) is 0 Å². The topological polar surface area (TPSA) is 66.5 Å². The predicted molar refractivity (Wildman–Crippen MR) is 108 cm³/mol. The van der Waals surface area contributed by atoms with Crippen LogP contribution in [0.5, 0.6) is 0 Å². The van der Waals surface area contributed by atoms with E-state index in [1.807, 2.05) is 11.4 Å². The molecule has 0 radical (unpaired) electrons. The number of nitrogens with zero attached hydrogens (tertiary/aromatic N) is 2. The molecule has 1 saturated heterocycles. The van der Waals surface area contributed by atoms with Crippen LogP contribution in [0.25, 0.3) is 0 Å². The maximum absolute atomic E-state index is 12.0. The van der Waals surface area contributed by atoms with Crippen molar-refractivity contribution >= 4 is 58.1 Å². The third-order valence-corrected chi connectivity index (χ3v) is 5.24. The Kier molecular flexibility index (Phi) is 8.40. The molecule has 1 aliphatic rings. The molecule has 1 aromatic heterocycles. The Hall–Kier alpha value is -1.09. The van der Waals surface area contributed by atoms with Gasteiger partial charge in [-0.2, -0.15) is 0 Å². The molecule has 2 N–H and O–H groups in total. The number of anilines is 1. The molecule has 2 aromatic rings. The molecule has 10 heteroatoms. The highest BCUT2D eigenvalue weighted by molar-refractivity contribution is 7.13. The number of aromatic nitrogens is 1. The van der Waals surface area contributed by atoms with Crippen LogP contribution in [0.3, 0.4) is 0 Å². The number of carbonyl (C=O) groups is 1. The number of amides is 2. The Morgan fingerprint density at radius 3 is 2.77 bits per heavy atom. The summed E-state index contributed by atoms with van der Waals surface area (Å²) in [5.74, 6) is 0. The van der Waals surface area contributed by atoms with Gasteiger partial charge >= 0.3 is 6.03 Å². The smallest absolute Gasteiger partial charge is 0.321 e. The fourth-order valence-corrected chi connectivity index (χ4v) is 3.42. The maximum Gasteiger partial charge on any atom is 0.321 e. The molecule has 2 amide bonds. The lowest BCUT2D eigenvalue weighted by Gasteiger charge is -2.25. The van der Waals surface area contributed by atoms with E-state index in [1.54, 1.807) is 12.1 Å². The molecule has 1 aliphatic heterocycles. The summed E-state index contributed by atoms with van der Waals surface area (Å²) in [6.07, 6.45) is 0. The van der Waals surface area contributed by atoms with E-state index in [2.05, 4.69) is 20.5 Å². The minimum absolute atomic E-state index is 0. The quantitative estimate of drug-likeness (QED) is 0.741. The van der Waals surface area contributed by atoms with Crippen LogP contribution in [-0.4, -0.2) is 42.2 Å². The first-order valence-electron chi connectivity index (χ1n) is 7.83. The van der Waals surface area contributed by atoms with Crippen molar-refractivity contribution in [3.63, 3.8) is 0 Å². The third-order valence-electron chi connectivity index (χ3n) is 3.70. The van der Waals surface area contributed by atoms with Crippen molar-refractivity contribution in [3.05, 3.63) is 44.9 Å². The molecule has 0 bridgehead atoms. The zero-order chi connectivity index (χ0) is 17.6. The lowest BCUT2D eigenvalue weighted by molar-refractivity contribution is 0.0337. The third kappa shape index (κ3) is 6.26. The van der Waals surface area contributed by atoms with Crippen molar-refractivity contribution in [2.75, 3.05) is 31.6 Å². The van der Waals surface area contributed by atoms with Gasteiger partial charge in [0.15, 0.2) is 5.13 Å². The molecular formula is C16H19Cl3N4O2S. The maximum atomic E-state index is 12.0. The molecule has 0 saturated carbocycles. The average molecular weight is 438 g/mol. The number of thiazole rings is 1. The minimum atomic E-state index is -0.307. The van der Waals surface area contributed by atoms with Crippen LogP contribution in [0.4, 0.5) is 9.93 Å². The van der Waals surface area contributed by atoms with Crippen molar-refractivity contribution in [2.24, 2.45) is 0 Å². The van der Waals surface area contributed by atoms with Gasteiger partial charge in [0.2, 0.25) is 0 Å². The summed E-state index contributed by atoms with van der Waals surface area (Å²) in [4.78, 5) is 18.7. The second-order valence-electron chi connectivity index (χ2n) is 5.59. The van der Waals surface area contributed by atoms with E-state index >= 15 is 0 Å². The standard InChI is InChI=1S/C16H18Cl2N4O2S.ClH/c17-13-2-1-11(7-14(13)18)8-19-15(23)21-16-20-12(10-25-16)9-22-3-5-24-6-4-22;/h1-2,7,10H,3-6,8-9H2,(H2,19,20,21,23);1H. The van der Waals surface area contributed by atoms with Crippen molar-refractivity contribution in [2.45, 2.75) is 13.1 Å². The molecule has 1 fully saturated rings. The van der Waals surface area contributed by atoms with Gasteiger partial charge in [-0.1, -0.05) is 29.3 Å². The average Bonchev–Trinajstić information content (AvgIpc) is 3.03. The second-order valence-corrected chi connectivity index (χ2v) is 7.26. The lowest BCUT2D eigenvalue weighted by Crippen LogP contribution is -2.35. The van der Waals surface area contributed by atoms with Gasteiger partial charge in [-0.15, -0.1) is 23.7 Å². The number of rotatable bonds is 5. The van der Waals surface area contributed by atoms with Gasteiger partial charge in [-0.05, 0) is 17.7 Å². The van der Waals surface area contributed by atoms with Crippen molar-refractivity contribution in [1.29, 1.82) is 0 Å². The number of halogens is 3. The van der Waals surface area contributed by atoms with Crippen LogP contribution in [0.1, 0.15) is 11.3 Å². The van der Waals surface area contributed by atoms with Crippen LogP contribution < -0.4 is 10.6 Å². The Balaban J connectivity index is 0.00000243. The number of hydrogen-bond donors (Lipinski definition) is 2. The fraction of sp³-hybridized carbons (Fsp3) is 0.375. The lowest BCUT2D eigenvalue weighted by atomic mass is 10.2. The molecule has 3 rings (SSSR count). The van der Waals surface area contributed by atoms with E-state index in [0.717, 1.165) is 44.1 Å². The summed E-state index contributed by atoms with van der Waals surface area (Å²) in [5, 5.41) is 9.02. The van der Waals surface area contributed by atoms with Crippen molar-refractivity contribution in [1.82, 2.24) is 15.2 Å². The Bertz CT molecular complexity index is 738. The van der Waals surface area contributed by atoms with Gasteiger partial charge in [0, 0.05) is 31.6 Å². The highest BCUT2D eigenvalue weighted by Gasteiger charge is 2.13. The minimum Gasteiger partial charge on any atom is -0.379 e. The molecule has 142 valence electrons. The van der Waals surface area contributed by atoms with Gasteiger partial charge < -0.3 is 10.1 Å². The molecule has 6 nitrogen and oxygen atoms in total. The Morgan fingerprint density at radius 2 is 2.04 bits per heavy atom. The summed E-state index contributed by atoms with van der Waals surface area (Å²) in [6.45, 7) is 4.45. The summed E-state index contributed by atoms with van der Waals surface area (Å²) >= 11 is 13.2. The van der Waals surface area contributed by atoms with E-state index in [-0.39, 0.29) is 18.4 Å². The molecule has 0 aliphatic carbocycles. The SMILES string of the molecule is Cl.O=C(NCc1ccc(Cl)c(Cl)c1)Nc1nc(CN2CCOCC2)cs1. The van der Waals surface area contributed by atoms with Gasteiger partial charge in [0.25, 0.3) is 0 Å². The van der Waals surface area contributed by atoms with Crippen LogP contribution in [-0.2, 0) is 17.8 Å². The van der Waals surface area contributed by atoms with Gasteiger partial charge in [0.1, 0.15) is 0 Å². The van der Waals surface area contributed by atoms with Gasteiger partial charge in [-0.25, -0.2) is 9.78 Å². The van der Waals surface area contributed by atoms with Crippen LogP contribution in [0, 0.1) is 0 Å². The highest BCUT2D eigenvalue weighted by atomic mass is 35.5. The summed E-state index contributed by atoms with van der Waals surface area (Å²) in [7, 11) is 0. The van der Waals surface area contributed by atoms with E-state index in [1.165, 1.54) is 11.3 Å². The first-order chi connectivity index (χ1) is 12.1. The first kappa shape index (κ1) is 21.2. The molecule has 0 atom stereocenters. The van der Waals surface area contributed by atoms with E-state index in [0.29, 0.717) is 21.7 Å². The molecule has 26 heavy (non-hydrogen) atoms. The number of urea groups is 1. The van der Waals surface area contributed by atoms with E-state index < -0.39 is 0 Å². The number of ether oxygens (including phenoxy) is 1. The van der Waals surface area contributed by atoms with E-state index in [4.69, 9.17) is 27.9 Å². The Morgan fingerprint density at radius 1 is 1.27 bits per heavy atom. The summed E-state index contributed by atoms with van der Waals surface area (Å²) in [6, 6.07) is 4.95. The number of hydrogen-bond acceptors (Lipinski definition) is 5. The summed E-state index contributed by atoms with van der Waals surface area (Å²) < 4.78 is 5.33. The number of carbonyl (C=O) groups excluding carboxylic acids is 1. The number of morpholine rings is 1. The zero-order valence-electron chi connectivity index (χ0n) is 13.8. The normalized spacial score (nSPS) is 14.5. The molecule has 0 spiro atoms. The second kappa shape index (κ2) is 10.3. The fourth-order valence-electron chi connectivity index (χ4n) is 2.40. The van der Waals surface area contributed by atoms with Crippen molar-refractivity contribution < 1.29 is 9.53 Å². The summed E-state index contributed by atoms with van der Waals surface area (Å²) in [5.41, 5.74) is 1.82. The largest absolute Gasteiger partial charge is 0.379 e. The molecule has 1 aromatic carbocycles. The molecule has 0 unspecified atom stereocenters. The number of nitrogens with one attached hydrogen (secondary N) is 2. The molecule has 2 heterocycles. The van der Waals surface area contributed by atoms with Crippen LogP contribution in [0.2, 0.25) is 10.0 Å². The zero-order valence-corrected chi connectivity index (χ0v) is 17.0. The van der Waals surface area contributed by atoms with E-state index in [9.17, 15) is 4.79 Å². The number of benzene rings is 1. The predicted octanol–water partition coefficient (Wildman–Crippen LogP) is 4.03. The van der Waals surface area contributed by atoms with Crippen LogP contribution >= 0.6 is 46.9 Å². The molecular weight excluding hydrogens is 419 g/mol. The van der Waals surface area contributed by atoms with Crippen LogP contribution in [0.15, 0.2) is 23.6 Å². The monoisotopic (exact) mass is 436 g/mol. The first-order valence-corrected chi connectivity index (χ1v) is 9.47. The Labute approximate surface area is 172 Å².